The van der Waals surface area contributed by atoms with Crippen LogP contribution in [0.25, 0.3) is 11.4 Å². The quantitative estimate of drug-likeness (QED) is 0.581. The average molecular weight is 450 g/mol. The van der Waals surface area contributed by atoms with Gasteiger partial charge in [0.05, 0.1) is 18.0 Å². The molecule has 164 valence electrons. The zero-order valence-electron chi connectivity index (χ0n) is 16.8. The normalized spacial score (nSPS) is 16.5. The summed E-state index contributed by atoms with van der Waals surface area (Å²) in [7, 11) is 0. The molecule has 1 fully saturated rings. The molecule has 10 heteroatoms. The van der Waals surface area contributed by atoms with Crippen LogP contribution in [0.1, 0.15) is 30.0 Å². The summed E-state index contributed by atoms with van der Waals surface area (Å²) in [6.07, 6.45) is -4.03. The number of carbonyl (C=O) groups excluding carboxylic acids is 1. The van der Waals surface area contributed by atoms with E-state index in [0.717, 1.165) is 17.7 Å². The van der Waals surface area contributed by atoms with Crippen LogP contribution in [0.3, 0.4) is 0 Å². The van der Waals surface area contributed by atoms with Gasteiger partial charge in [-0.3, -0.25) is 9.69 Å². The number of benzene rings is 1. The summed E-state index contributed by atoms with van der Waals surface area (Å²) in [6.45, 7) is 4.41. The minimum atomic E-state index is -4.43. The zero-order valence-corrected chi connectivity index (χ0v) is 17.6. The van der Waals surface area contributed by atoms with Crippen molar-refractivity contribution in [3.63, 3.8) is 0 Å². The van der Waals surface area contributed by atoms with Gasteiger partial charge in [0, 0.05) is 31.7 Å². The molecule has 31 heavy (non-hydrogen) atoms. The molecule has 0 spiro atoms. The van der Waals surface area contributed by atoms with E-state index in [9.17, 15) is 18.0 Å². The number of hydrogen-bond donors (Lipinski definition) is 0. The number of rotatable bonds is 5. The van der Waals surface area contributed by atoms with Gasteiger partial charge in [0.15, 0.2) is 0 Å². The Morgan fingerprint density at radius 2 is 2.00 bits per heavy atom. The van der Waals surface area contributed by atoms with E-state index < -0.39 is 11.7 Å². The van der Waals surface area contributed by atoms with Crippen LogP contribution in [0.2, 0.25) is 0 Å². The molecule has 1 saturated heterocycles. The summed E-state index contributed by atoms with van der Waals surface area (Å²) in [5.41, 5.74) is 0.521. The van der Waals surface area contributed by atoms with Gasteiger partial charge >= 0.3 is 6.18 Å². The Balaban J connectivity index is 1.37. The van der Waals surface area contributed by atoms with Gasteiger partial charge in [-0.2, -0.15) is 29.5 Å². The van der Waals surface area contributed by atoms with E-state index in [0.29, 0.717) is 38.5 Å². The smallest absolute Gasteiger partial charge is 0.340 e. The largest absolute Gasteiger partial charge is 0.416 e. The van der Waals surface area contributed by atoms with Gasteiger partial charge in [-0.05, 0) is 41.4 Å². The molecule has 1 aromatic carbocycles. The van der Waals surface area contributed by atoms with E-state index in [1.807, 2.05) is 28.7 Å². The Kier molecular flexibility index (Phi) is 6.10. The highest BCUT2D eigenvalue weighted by Crippen LogP contribution is 2.32. The predicted molar refractivity (Wildman–Crippen MR) is 109 cm³/mol. The second-order valence-electron chi connectivity index (χ2n) is 7.44. The summed E-state index contributed by atoms with van der Waals surface area (Å²) in [6, 6.07) is 6.61. The van der Waals surface area contributed by atoms with Crippen LogP contribution >= 0.6 is 11.3 Å². The molecule has 1 unspecified atom stereocenters. The van der Waals surface area contributed by atoms with Crippen molar-refractivity contribution in [3.8, 4) is 11.4 Å². The first-order valence-corrected chi connectivity index (χ1v) is 10.8. The van der Waals surface area contributed by atoms with Crippen LogP contribution in [0, 0.1) is 0 Å². The van der Waals surface area contributed by atoms with Crippen LogP contribution in [0.5, 0.6) is 0 Å². The Hall–Kier alpha value is -2.72. The van der Waals surface area contributed by atoms with E-state index in [-0.39, 0.29) is 23.3 Å². The highest BCUT2D eigenvalue weighted by atomic mass is 32.1. The summed E-state index contributed by atoms with van der Waals surface area (Å²) in [5, 5.41) is 7.81. The first kappa shape index (κ1) is 21.5. The fraction of sp³-hybridized carbons (Fsp3) is 0.381. The van der Waals surface area contributed by atoms with Crippen LogP contribution in [0.4, 0.5) is 13.2 Å². The van der Waals surface area contributed by atoms with E-state index in [1.54, 1.807) is 11.3 Å². The number of halogens is 3. The van der Waals surface area contributed by atoms with Crippen molar-refractivity contribution in [1.82, 2.24) is 19.9 Å². The van der Waals surface area contributed by atoms with Crippen LogP contribution < -0.4 is 0 Å². The van der Waals surface area contributed by atoms with Crippen LogP contribution in [0.15, 0.2) is 45.6 Å². The number of alkyl halides is 3. The first-order valence-electron chi connectivity index (χ1n) is 9.85. The molecule has 0 radical (unpaired) electrons. The number of nitrogens with zero attached hydrogens (tertiary/aromatic N) is 4. The molecule has 3 aromatic rings. The van der Waals surface area contributed by atoms with Gasteiger partial charge in [0.25, 0.3) is 0 Å². The van der Waals surface area contributed by atoms with Crippen LogP contribution in [-0.4, -0.2) is 52.0 Å². The maximum absolute atomic E-state index is 13.0. The van der Waals surface area contributed by atoms with Crippen molar-refractivity contribution < 1.29 is 22.5 Å². The van der Waals surface area contributed by atoms with Gasteiger partial charge in [-0.1, -0.05) is 17.3 Å². The van der Waals surface area contributed by atoms with Gasteiger partial charge < -0.3 is 9.42 Å². The Morgan fingerprint density at radius 3 is 2.68 bits per heavy atom. The molecule has 1 aliphatic rings. The monoisotopic (exact) mass is 450 g/mol. The average Bonchev–Trinajstić information content (AvgIpc) is 3.45. The third-order valence-electron chi connectivity index (χ3n) is 5.40. The van der Waals surface area contributed by atoms with Crippen molar-refractivity contribution in [2.75, 3.05) is 26.2 Å². The summed E-state index contributed by atoms with van der Waals surface area (Å²) >= 11 is 1.57. The number of thiophene rings is 1. The molecule has 1 amide bonds. The number of aromatic nitrogens is 2. The minimum absolute atomic E-state index is 0.107. The number of piperazine rings is 1. The van der Waals surface area contributed by atoms with Crippen molar-refractivity contribution in [3.05, 3.63) is 58.1 Å². The zero-order chi connectivity index (χ0) is 22.0. The lowest BCUT2D eigenvalue weighted by molar-refractivity contribution is -0.137. The highest BCUT2D eigenvalue weighted by Gasteiger charge is 2.31. The standard InChI is InChI=1S/C21H21F3N4O2S/c1-14(27-6-8-28(9-7-27)18(29)11-15-5-10-31-13-15)20-25-19(26-30-20)16-3-2-4-17(12-16)21(22,23)24/h2-5,10,12-14H,6-9,11H2,1H3. The molecule has 0 saturated carbocycles. The molecule has 2 aromatic heterocycles. The summed E-state index contributed by atoms with van der Waals surface area (Å²) in [5.74, 6) is 0.568. The third kappa shape index (κ3) is 4.96. The molecule has 1 aliphatic heterocycles. The topological polar surface area (TPSA) is 62.5 Å². The van der Waals surface area contributed by atoms with E-state index in [1.165, 1.54) is 12.1 Å². The van der Waals surface area contributed by atoms with Gasteiger partial charge in [0.1, 0.15) is 0 Å². The molecule has 6 nitrogen and oxygen atoms in total. The molecule has 3 heterocycles. The lowest BCUT2D eigenvalue weighted by Gasteiger charge is -2.36. The molecular formula is C21H21F3N4O2S. The maximum atomic E-state index is 13.0. The molecule has 0 bridgehead atoms. The second kappa shape index (κ2) is 8.80. The fourth-order valence-corrected chi connectivity index (χ4v) is 4.22. The van der Waals surface area contributed by atoms with Crippen molar-refractivity contribution in [2.24, 2.45) is 0 Å². The lowest BCUT2D eigenvalue weighted by Crippen LogP contribution is -2.49. The van der Waals surface area contributed by atoms with Crippen LogP contribution in [-0.2, 0) is 17.4 Å². The number of carbonyl (C=O) groups is 1. The third-order valence-corrected chi connectivity index (χ3v) is 6.13. The maximum Gasteiger partial charge on any atom is 0.416 e. The molecule has 0 N–H and O–H groups in total. The molecule has 4 rings (SSSR count). The minimum Gasteiger partial charge on any atom is -0.340 e. The van der Waals surface area contributed by atoms with Crippen molar-refractivity contribution in [2.45, 2.75) is 25.6 Å². The second-order valence-corrected chi connectivity index (χ2v) is 8.22. The Labute approximate surface area is 181 Å². The van der Waals surface area contributed by atoms with E-state index in [4.69, 9.17) is 4.52 Å². The molecule has 1 atom stereocenters. The summed E-state index contributed by atoms with van der Waals surface area (Å²) < 4.78 is 44.2. The Morgan fingerprint density at radius 1 is 1.23 bits per heavy atom. The van der Waals surface area contributed by atoms with Gasteiger partial charge in [-0.25, -0.2) is 0 Å². The molecular weight excluding hydrogens is 429 g/mol. The van der Waals surface area contributed by atoms with E-state index in [2.05, 4.69) is 15.0 Å². The predicted octanol–water partition coefficient (Wildman–Crippen LogP) is 4.26. The number of amides is 1. The number of hydrogen-bond acceptors (Lipinski definition) is 6. The van der Waals surface area contributed by atoms with E-state index >= 15 is 0 Å². The van der Waals surface area contributed by atoms with Crippen molar-refractivity contribution in [1.29, 1.82) is 0 Å². The Bertz CT molecular complexity index is 1030. The van der Waals surface area contributed by atoms with Gasteiger partial charge in [-0.15, -0.1) is 0 Å². The highest BCUT2D eigenvalue weighted by molar-refractivity contribution is 7.08. The van der Waals surface area contributed by atoms with Crippen molar-refractivity contribution >= 4 is 17.2 Å². The first-order chi connectivity index (χ1) is 14.8. The fourth-order valence-electron chi connectivity index (χ4n) is 3.55. The molecule has 0 aliphatic carbocycles. The lowest BCUT2D eigenvalue weighted by atomic mass is 10.1. The van der Waals surface area contributed by atoms with Gasteiger partial charge in [0.2, 0.25) is 17.6 Å². The SMILES string of the molecule is CC(c1nc(-c2cccc(C(F)(F)F)c2)no1)N1CCN(C(=O)Cc2ccsc2)CC1. The summed E-state index contributed by atoms with van der Waals surface area (Å²) in [4.78, 5) is 20.8.